The normalized spacial score (nSPS) is 11.0. The first-order valence-electron chi connectivity index (χ1n) is 8.19. The number of hydrogen-bond acceptors (Lipinski definition) is 3. The largest absolute Gasteiger partial charge is 0.371 e. The Morgan fingerprint density at radius 2 is 1.60 bits per heavy atom. The molecule has 2 amide bonds. The summed E-state index contributed by atoms with van der Waals surface area (Å²) < 4.78 is 5.75. The lowest BCUT2D eigenvalue weighted by molar-refractivity contribution is -0.136. The predicted octanol–water partition coefficient (Wildman–Crippen LogP) is 3.26. The van der Waals surface area contributed by atoms with Crippen molar-refractivity contribution in [1.82, 2.24) is 5.32 Å². The van der Waals surface area contributed by atoms with Crippen molar-refractivity contribution in [2.24, 2.45) is 0 Å². The van der Waals surface area contributed by atoms with Gasteiger partial charge in [-0.2, -0.15) is 0 Å². The van der Waals surface area contributed by atoms with E-state index in [1.54, 1.807) is 24.3 Å². The summed E-state index contributed by atoms with van der Waals surface area (Å²) in [7, 11) is 0. The van der Waals surface area contributed by atoms with Crippen LogP contribution in [0.2, 0.25) is 0 Å². The number of ether oxygens (including phenoxy) is 1. The average Bonchev–Trinajstić information content (AvgIpc) is 2.58. The summed E-state index contributed by atoms with van der Waals surface area (Å²) in [5, 5.41) is 5.18. The monoisotopic (exact) mass is 340 g/mol. The van der Waals surface area contributed by atoms with Crippen LogP contribution in [0.3, 0.4) is 0 Å². The SMILES string of the molecule is CC(C)(C)OCc1cccc(CNC(=O)C(=O)Nc2ccccc2)c1. The van der Waals surface area contributed by atoms with Crippen molar-refractivity contribution in [3.8, 4) is 0 Å². The maximum absolute atomic E-state index is 11.9. The molecular weight excluding hydrogens is 316 g/mol. The van der Waals surface area contributed by atoms with Crippen LogP contribution in [0.1, 0.15) is 31.9 Å². The van der Waals surface area contributed by atoms with E-state index in [-0.39, 0.29) is 12.1 Å². The van der Waals surface area contributed by atoms with Gasteiger partial charge in [0.15, 0.2) is 0 Å². The highest BCUT2D eigenvalue weighted by molar-refractivity contribution is 6.39. The lowest BCUT2D eigenvalue weighted by atomic mass is 10.1. The lowest BCUT2D eigenvalue weighted by Crippen LogP contribution is -2.34. The quantitative estimate of drug-likeness (QED) is 0.821. The van der Waals surface area contributed by atoms with Crippen molar-refractivity contribution in [3.05, 3.63) is 65.7 Å². The van der Waals surface area contributed by atoms with Crippen molar-refractivity contribution in [2.45, 2.75) is 39.5 Å². The van der Waals surface area contributed by atoms with E-state index in [0.29, 0.717) is 12.3 Å². The Bertz CT molecular complexity index is 721. The molecular formula is C20H24N2O3. The van der Waals surface area contributed by atoms with E-state index in [1.807, 2.05) is 51.1 Å². The molecule has 2 aromatic carbocycles. The predicted molar refractivity (Wildman–Crippen MR) is 97.9 cm³/mol. The molecule has 2 aromatic rings. The third-order valence-corrected chi connectivity index (χ3v) is 3.35. The molecule has 2 rings (SSSR count). The Labute approximate surface area is 148 Å². The van der Waals surface area contributed by atoms with Gasteiger partial charge < -0.3 is 15.4 Å². The zero-order valence-electron chi connectivity index (χ0n) is 14.8. The lowest BCUT2D eigenvalue weighted by Gasteiger charge is -2.19. The Morgan fingerprint density at radius 1 is 0.920 bits per heavy atom. The molecule has 0 heterocycles. The smallest absolute Gasteiger partial charge is 0.313 e. The van der Waals surface area contributed by atoms with E-state index < -0.39 is 11.8 Å². The molecule has 0 aliphatic carbocycles. The third kappa shape index (κ3) is 6.77. The molecule has 5 heteroatoms. The van der Waals surface area contributed by atoms with E-state index >= 15 is 0 Å². The number of benzene rings is 2. The number of hydrogen-bond donors (Lipinski definition) is 2. The summed E-state index contributed by atoms with van der Waals surface area (Å²) in [6, 6.07) is 16.6. The van der Waals surface area contributed by atoms with Crippen LogP contribution in [0, 0.1) is 0 Å². The second-order valence-corrected chi connectivity index (χ2v) is 6.72. The maximum Gasteiger partial charge on any atom is 0.313 e. The van der Waals surface area contributed by atoms with Crippen molar-refractivity contribution in [2.75, 3.05) is 5.32 Å². The minimum atomic E-state index is -0.682. The molecule has 0 radical (unpaired) electrons. The van der Waals surface area contributed by atoms with Gasteiger partial charge in [-0.3, -0.25) is 9.59 Å². The zero-order chi connectivity index (χ0) is 18.3. The fraction of sp³-hybridized carbons (Fsp3) is 0.300. The van der Waals surface area contributed by atoms with Crippen LogP contribution in [0.4, 0.5) is 5.69 Å². The summed E-state index contributed by atoms with van der Waals surface area (Å²) in [5.41, 5.74) is 2.31. The van der Waals surface area contributed by atoms with Gasteiger partial charge in [-0.25, -0.2) is 0 Å². The van der Waals surface area contributed by atoms with Crippen LogP contribution in [-0.4, -0.2) is 17.4 Å². The molecule has 132 valence electrons. The average molecular weight is 340 g/mol. The molecule has 0 atom stereocenters. The zero-order valence-corrected chi connectivity index (χ0v) is 14.8. The van der Waals surface area contributed by atoms with Crippen molar-refractivity contribution in [1.29, 1.82) is 0 Å². The molecule has 25 heavy (non-hydrogen) atoms. The van der Waals surface area contributed by atoms with Crippen LogP contribution in [0.5, 0.6) is 0 Å². The first kappa shape index (κ1) is 18.7. The van der Waals surface area contributed by atoms with Gasteiger partial charge in [-0.1, -0.05) is 42.5 Å². The topological polar surface area (TPSA) is 67.4 Å². The van der Waals surface area contributed by atoms with Crippen LogP contribution in [0.25, 0.3) is 0 Å². The molecule has 0 unspecified atom stereocenters. The summed E-state index contributed by atoms with van der Waals surface area (Å²) in [6.45, 7) is 6.79. The minimum absolute atomic E-state index is 0.209. The first-order chi connectivity index (χ1) is 11.8. The number of anilines is 1. The molecule has 0 saturated heterocycles. The molecule has 0 aliphatic rings. The second kappa shape index (κ2) is 8.44. The molecule has 0 saturated carbocycles. The van der Waals surface area contributed by atoms with Gasteiger partial charge in [-0.05, 0) is 44.0 Å². The molecule has 5 nitrogen and oxygen atoms in total. The summed E-state index contributed by atoms with van der Waals surface area (Å²) in [5.74, 6) is -1.35. The number of nitrogens with one attached hydrogen (secondary N) is 2. The van der Waals surface area contributed by atoms with Crippen molar-refractivity contribution in [3.63, 3.8) is 0 Å². The van der Waals surface area contributed by atoms with E-state index in [2.05, 4.69) is 10.6 Å². The summed E-state index contributed by atoms with van der Waals surface area (Å²) >= 11 is 0. The molecule has 0 aromatic heterocycles. The Hall–Kier alpha value is -2.66. The number of carbonyl (C=O) groups excluding carboxylic acids is 2. The van der Waals surface area contributed by atoms with Crippen LogP contribution in [-0.2, 0) is 27.5 Å². The molecule has 2 N–H and O–H groups in total. The number of amides is 2. The molecule has 0 aliphatic heterocycles. The number of rotatable bonds is 5. The highest BCUT2D eigenvalue weighted by Crippen LogP contribution is 2.13. The van der Waals surface area contributed by atoms with Gasteiger partial charge in [0.25, 0.3) is 0 Å². The van der Waals surface area contributed by atoms with Crippen molar-refractivity contribution >= 4 is 17.5 Å². The van der Waals surface area contributed by atoms with E-state index in [4.69, 9.17) is 4.74 Å². The summed E-state index contributed by atoms with van der Waals surface area (Å²) in [4.78, 5) is 23.8. The van der Waals surface area contributed by atoms with Crippen molar-refractivity contribution < 1.29 is 14.3 Å². The highest BCUT2D eigenvalue weighted by Gasteiger charge is 2.13. The standard InChI is InChI=1S/C20H24N2O3/c1-20(2,3)25-14-16-9-7-8-15(12-16)13-21-18(23)19(24)22-17-10-5-4-6-11-17/h4-12H,13-14H2,1-3H3,(H,21,23)(H,22,24). The van der Waals surface area contributed by atoms with Crippen LogP contribution < -0.4 is 10.6 Å². The Balaban J connectivity index is 1.86. The molecule has 0 fully saturated rings. The van der Waals surface area contributed by atoms with Gasteiger partial charge in [0.2, 0.25) is 0 Å². The number of para-hydroxylation sites is 1. The van der Waals surface area contributed by atoms with Gasteiger partial charge in [-0.15, -0.1) is 0 Å². The fourth-order valence-corrected chi connectivity index (χ4v) is 2.10. The fourth-order valence-electron chi connectivity index (χ4n) is 2.10. The second-order valence-electron chi connectivity index (χ2n) is 6.72. The van der Waals surface area contributed by atoms with Crippen LogP contribution >= 0.6 is 0 Å². The summed E-state index contributed by atoms with van der Waals surface area (Å²) in [6.07, 6.45) is 0. The van der Waals surface area contributed by atoms with Gasteiger partial charge >= 0.3 is 11.8 Å². The Morgan fingerprint density at radius 3 is 2.28 bits per heavy atom. The number of carbonyl (C=O) groups is 2. The van der Waals surface area contributed by atoms with Gasteiger partial charge in [0, 0.05) is 12.2 Å². The van der Waals surface area contributed by atoms with E-state index in [1.165, 1.54) is 0 Å². The molecule has 0 bridgehead atoms. The third-order valence-electron chi connectivity index (χ3n) is 3.35. The Kier molecular flexibility index (Phi) is 6.31. The highest BCUT2D eigenvalue weighted by atomic mass is 16.5. The van der Waals surface area contributed by atoms with Crippen LogP contribution in [0.15, 0.2) is 54.6 Å². The van der Waals surface area contributed by atoms with Gasteiger partial charge in [0.1, 0.15) is 0 Å². The van der Waals surface area contributed by atoms with E-state index in [0.717, 1.165) is 11.1 Å². The molecule has 0 spiro atoms. The maximum atomic E-state index is 11.9. The van der Waals surface area contributed by atoms with E-state index in [9.17, 15) is 9.59 Å². The van der Waals surface area contributed by atoms with Gasteiger partial charge in [0.05, 0.1) is 12.2 Å². The first-order valence-corrected chi connectivity index (χ1v) is 8.19. The minimum Gasteiger partial charge on any atom is -0.371 e.